The third-order valence-electron chi connectivity index (χ3n) is 1.55. The maximum Gasteiger partial charge on any atom is 0.346 e. The molecule has 0 aliphatic carbocycles. The molecule has 1 rings (SSSR count). The first kappa shape index (κ1) is 9.53. The van der Waals surface area contributed by atoms with Crippen LogP contribution in [0, 0.1) is 0 Å². The Labute approximate surface area is 74.4 Å². The minimum atomic E-state index is -0.817. The number of rotatable bonds is 4. The molecular formula is C7H10N2O4. The van der Waals surface area contributed by atoms with E-state index in [0.29, 0.717) is 5.70 Å². The second-order valence-corrected chi connectivity index (χ2v) is 2.44. The highest BCUT2D eigenvalue weighted by atomic mass is 16.5. The number of primary amides is 1. The number of carbonyl (C=O) groups excluding carboxylic acids is 2. The molecule has 6 heteroatoms. The fourth-order valence-corrected chi connectivity index (χ4v) is 1.00. The minimum absolute atomic E-state index is 0.0110. The van der Waals surface area contributed by atoms with Gasteiger partial charge in [-0.1, -0.05) is 0 Å². The van der Waals surface area contributed by atoms with E-state index in [0.717, 1.165) is 0 Å². The van der Waals surface area contributed by atoms with Crippen molar-refractivity contribution < 1.29 is 19.4 Å². The second-order valence-electron chi connectivity index (χ2n) is 2.44. The van der Waals surface area contributed by atoms with Gasteiger partial charge < -0.3 is 20.9 Å². The molecule has 6 nitrogen and oxygen atoms in total. The first-order chi connectivity index (χ1) is 6.16. The van der Waals surface area contributed by atoms with Crippen molar-refractivity contribution in [2.24, 2.45) is 5.73 Å². The number of cyclic esters (lactones) is 1. The summed E-state index contributed by atoms with van der Waals surface area (Å²) in [4.78, 5) is 21.7. The Morgan fingerprint density at radius 3 is 2.92 bits per heavy atom. The SMILES string of the molecule is NC(=O)C1=C(NCCO)COC1=O. The highest BCUT2D eigenvalue weighted by molar-refractivity contribution is 6.17. The van der Waals surface area contributed by atoms with Crippen molar-refractivity contribution in [1.29, 1.82) is 0 Å². The van der Waals surface area contributed by atoms with Crippen LogP contribution in [-0.4, -0.2) is 36.7 Å². The van der Waals surface area contributed by atoms with Gasteiger partial charge in [0.05, 0.1) is 12.3 Å². The van der Waals surface area contributed by atoms with Gasteiger partial charge in [-0.25, -0.2) is 4.79 Å². The van der Waals surface area contributed by atoms with E-state index in [1.54, 1.807) is 0 Å². The van der Waals surface area contributed by atoms with Crippen LogP contribution in [0.1, 0.15) is 0 Å². The average molecular weight is 186 g/mol. The van der Waals surface area contributed by atoms with Crippen molar-refractivity contribution in [3.8, 4) is 0 Å². The zero-order valence-corrected chi connectivity index (χ0v) is 6.87. The quantitative estimate of drug-likeness (QED) is 0.343. The van der Waals surface area contributed by atoms with E-state index in [-0.39, 0.29) is 25.3 Å². The summed E-state index contributed by atoms with van der Waals surface area (Å²) in [5.74, 6) is -1.53. The lowest BCUT2D eigenvalue weighted by molar-refractivity contribution is -0.137. The molecule has 0 atom stereocenters. The summed E-state index contributed by atoms with van der Waals surface area (Å²) in [7, 11) is 0. The number of hydrogen-bond donors (Lipinski definition) is 3. The maximum absolute atomic E-state index is 10.9. The van der Waals surface area contributed by atoms with Crippen molar-refractivity contribution in [3.05, 3.63) is 11.3 Å². The van der Waals surface area contributed by atoms with Crippen LogP contribution in [-0.2, 0) is 14.3 Å². The van der Waals surface area contributed by atoms with Gasteiger partial charge in [0.2, 0.25) is 0 Å². The number of hydrogen-bond acceptors (Lipinski definition) is 5. The molecule has 0 spiro atoms. The number of carbonyl (C=O) groups is 2. The molecule has 0 saturated heterocycles. The van der Waals surface area contributed by atoms with Crippen LogP contribution in [0.2, 0.25) is 0 Å². The van der Waals surface area contributed by atoms with E-state index in [1.165, 1.54) is 0 Å². The van der Waals surface area contributed by atoms with E-state index in [2.05, 4.69) is 10.1 Å². The molecule has 0 aromatic heterocycles. The summed E-state index contributed by atoms with van der Waals surface area (Å²) >= 11 is 0. The molecule has 0 radical (unpaired) electrons. The highest BCUT2D eigenvalue weighted by Crippen LogP contribution is 2.12. The van der Waals surface area contributed by atoms with Gasteiger partial charge in [-0.05, 0) is 0 Å². The molecule has 13 heavy (non-hydrogen) atoms. The summed E-state index contributed by atoms with van der Waals surface area (Å²) in [5, 5.41) is 11.2. The number of esters is 1. The molecular weight excluding hydrogens is 176 g/mol. The fourth-order valence-electron chi connectivity index (χ4n) is 1.00. The van der Waals surface area contributed by atoms with Crippen molar-refractivity contribution in [3.63, 3.8) is 0 Å². The highest BCUT2D eigenvalue weighted by Gasteiger charge is 2.28. The van der Waals surface area contributed by atoms with Gasteiger partial charge in [0.1, 0.15) is 12.2 Å². The summed E-state index contributed by atoms with van der Waals surface area (Å²) in [6.45, 7) is 0.170. The zero-order chi connectivity index (χ0) is 9.84. The summed E-state index contributed by atoms with van der Waals surface area (Å²) < 4.78 is 4.58. The predicted octanol–water partition coefficient (Wildman–Crippen LogP) is -2.14. The predicted molar refractivity (Wildman–Crippen MR) is 42.3 cm³/mol. The first-order valence-electron chi connectivity index (χ1n) is 3.71. The zero-order valence-electron chi connectivity index (χ0n) is 6.87. The molecule has 0 unspecified atom stereocenters. The molecule has 72 valence electrons. The Kier molecular flexibility index (Phi) is 2.86. The van der Waals surface area contributed by atoms with Gasteiger partial charge in [-0.3, -0.25) is 4.79 Å². The Morgan fingerprint density at radius 1 is 1.69 bits per heavy atom. The first-order valence-corrected chi connectivity index (χ1v) is 3.71. The molecule has 0 aromatic carbocycles. The van der Waals surface area contributed by atoms with Gasteiger partial charge in [-0.15, -0.1) is 0 Å². The van der Waals surface area contributed by atoms with Crippen LogP contribution in [0.4, 0.5) is 0 Å². The van der Waals surface area contributed by atoms with E-state index in [1.807, 2.05) is 0 Å². The molecule has 1 aliphatic heterocycles. The lowest BCUT2D eigenvalue weighted by Gasteiger charge is -2.02. The third-order valence-corrected chi connectivity index (χ3v) is 1.55. The van der Waals surface area contributed by atoms with Gasteiger partial charge >= 0.3 is 5.97 Å². The normalized spacial score (nSPS) is 15.9. The van der Waals surface area contributed by atoms with Gasteiger partial charge in [0.25, 0.3) is 5.91 Å². The summed E-state index contributed by atoms with van der Waals surface area (Å²) in [6.07, 6.45) is 0. The van der Waals surface area contributed by atoms with Gasteiger partial charge in [0.15, 0.2) is 0 Å². The van der Waals surface area contributed by atoms with E-state index in [4.69, 9.17) is 10.8 Å². The number of nitrogens with one attached hydrogen (secondary N) is 1. The van der Waals surface area contributed by atoms with Gasteiger partial charge in [-0.2, -0.15) is 0 Å². The van der Waals surface area contributed by atoms with E-state index < -0.39 is 11.9 Å². The number of amides is 1. The topological polar surface area (TPSA) is 102 Å². The van der Waals surface area contributed by atoms with Crippen LogP contribution in [0.3, 0.4) is 0 Å². The Balaban J connectivity index is 2.77. The van der Waals surface area contributed by atoms with Crippen LogP contribution in [0.15, 0.2) is 11.3 Å². The Hall–Kier alpha value is -1.56. The largest absolute Gasteiger partial charge is 0.455 e. The Bertz CT molecular complexity index is 272. The van der Waals surface area contributed by atoms with Crippen LogP contribution in [0.5, 0.6) is 0 Å². The summed E-state index contributed by atoms with van der Waals surface area (Å²) in [6, 6.07) is 0. The third kappa shape index (κ3) is 1.97. The minimum Gasteiger partial charge on any atom is -0.455 e. The molecule has 4 N–H and O–H groups in total. The van der Waals surface area contributed by atoms with Crippen LogP contribution in [0.25, 0.3) is 0 Å². The molecule has 1 heterocycles. The smallest absolute Gasteiger partial charge is 0.346 e. The van der Waals surface area contributed by atoms with E-state index >= 15 is 0 Å². The lowest BCUT2D eigenvalue weighted by Crippen LogP contribution is -2.25. The molecule has 0 fully saturated rings. The average Bonchev–Trinajstić information content (AvgIpc) is 2.43. The number of nitrogens with two attached hydrogens (primary N) is 1. The molecule has 1 amide bonds. The monoisotopic (exact) mass is 186 g/mol. The molecule has 0 aromatic rings. The van der Waals surface area contributed by atoms with Crippen molar-refractivity contribution in [2.45, 2.75) is 0 Å². The van der Waals surface area contributed by atoms with Crippen LogP contribution >= 0.6 is 0 Å². The Morgan fingerprint density at radius 2 is 2.38 bits per heavy atom. The van der Waals surface area contributed by atoms with Crippen molar-refractivity contribution in [2.75, 3.05) is 19.8 Å². The number of ether oxygens (including phenoxy) is 1. The lowest BCUT2D eigenvalue weighted by atomic mass is 10.2. The van der Waals surface area contributed by atoms with Gasteiger partial charge in [0, 0.05) is 6.54 Å². The molecule has 1 aliphatic rings. The number of aliphatic hydroxyl groups excluding tert-OH is 1. The van der Waals surface area contributed by atoms with Crippen LogP contribution < -0.4 is 11.1 Å². The fraction of sp³-hybridized carbons (Fsp3) is 0.429. The standard InChI is InChI=1S/C7H10N2O4/c8-6(11)5-4(9-1-2-10)3-13-7(5)12/h9-10H,1-3H2,(H2,8,11). The molecule has 0 bridgehead atoms. The molecule has 0 saturated carbocycles. The number of aliphatic hydroxyl groups is 1. The second kappa shape index (κ2) is 3.90. The maximum atomic E-state index is 10.9. The van der Waals surface area contributed by atoms with Crippen molar-refractivity contribution >= 4 is 11.9 Å². The van der Waals surface area contributed by atoms with E-state index in [9.17, 15) is 9.59 Å². The van der Waals surface area contributed by atoms with Crippen molar-refractivity contribution in [1.82, 2.24) is 5.32 Å². The summed E-state index contributed by atoms with van der Waals surface area (Å²) in [5.41, 5.74) is 5.13.